The second-order valence-electron chi connectivity index (χ2n) is 6.09. The number of hydrazine groups is 1. The monoisotopic (exact) mass is 457 g/mol. The number of rotatable bonds is 6. The molecule has 0 aliphatic carbocycles. The highest BCUT2D eigenvalue weighted by Crippen LogP contribution is 2.22. The number of para-hydroxylation sites is 2. The van der Waals surface area contributed by atoms with Gasteiger partial charge < -0.3 is 10.1 Å². The summed E-state index contributed by atoms with van der Waals surface area (Å²) < 4.78 is 7.83. The molecule has 1 aromatic heterocycles. The van der Waals surface area contributed by atoms with Gasteiger partial charge in [0, 0.05) is 4.47 Å². The van der Waals surface area contributed by atoms with Gasteiger partial charge in [0.15, 0.2) is 0 Å². The number of carbonyl (C=O) groups excluding carboxylic acids is 2. The van der Waals surface area contributed by atoms with E-state index in [1.165, 1.54) is 6.20 Å². The number of hydrogen-bond acceptors (Lipinski definition) is 5. The maximum atomic E-state index is 12.4. The van der Waals surface area contributed by atoms with Gasteiger partial charge in [-0.15, -0.1) is 0 Å². The zero-order chi connectivity index (χ0) is 20.8. The summed E-state index contributed by atoms with van der Waals surface area (Å²) in [5, 5.41) is 7.22. The van der Waals surface area contributed by atoms with Crippen LogP contribution in [-0.4, -0.2) is 35.2 Å². The van der Waals surface area contributed by atoms with Crippen molar-refractivity contribution in [2.45, 2.75) is 6.92 Å². The third kappa shape index (κ3) is 4.94. The zero-order valence-corrected chi connectivity index (χ0v) is 17.5. The number of anilines is 1. The molecule has 2 aromatic carbocycles. The standard InChI is InChI=1S/C20H20BrN5O3/c1-13-16(11-23-26(13)15-9-7-14(21)8-10-15)20(28)25-24-19(27)12-22-17-5-3-4-6-18(17)29-2/h3-11,22H,12H2,1-2H3,(H,24,27)(H,25,28). The van der Waals surface area contributed by atoms with Crippen molar-refractivity contribution in [3.63, 3.8) is 0 Å². The fraction of sp³-hybridized carbons (Fsp3) is 0.150. The van der Waals surface area contributed by atoms with E-state index in [0.717, 1.165) is 10.2 Å². The Morgan fingerprint density at radius 3 is 2.55 bits per heavy atom. The van der Waals surface area contributed by atoms with Crippen LogP contribution in [0.5, 0.6) is 5.75 Å². The van der Waals surface area contributed by atoms with Gasteiger partial charge in [-0.1, -0.05) is 28.1 Å². The number of halogens is 1. The van der Waals surface area contributed by atoms with E-state index < -0.39 is 11.8 Å². The van der Waals surface area contributed by atoms with Gasteiger partial charge in [-0.3, -0.25) is 20.4 Å². The van der Waals surface area contributed by atoms with Gasteiger partial charge in [-0.05, 0) is 43.3 Å². The molecular formula is C20H20BrN5O3. The minimum Gasteiger partial charge on any atom is -0.495 e. The Morgan fingerprint density at radius 1 is 1.10 bits per heavy atom. The first-order valence-corrected chi connectivity index (χ1v) is 9.55. The second-order valence-corrected chi connectivity index (χ2v) is 7.00. The molecule has 0 unspecified atom stereocenters. The van der Waals surface area contributed by atoms with Crippen LogP contribution in [0.25, 0.3) is 5.69 Å². The summed E-state index contributed by atoms with van der Waals surface area (Å²) in [6.45, 7) is 1.76. The summed E-state index contributed by atoms with van der Waals surface area (Å²) in [5.74, 6) is -0.223. The van der Waals surface area contributed by atoms with Crippen LogP contribution in [0, 0.1) is 6.92 Å². The SMILES string of the molecule is COc1ccccc1NCC(=O)NNC(=O)c1cnn(-c2ccc(Br)cc2)c1C. The summed E-state index contributed by atoms with van der Waals surface area (Å²) in [7, 11) is 1.55. The van der Waals surface area contributed by atoms with Gasteiger partial charge in [0.2, 0.25) is 0 Å². The molecular weight excluding hydrogens is 438 g/mol. The average molecular weight is 458 g/mol. The number of amides is 2. The molecule has 0 saturated carbocycles. The quantitative estimate of drug-likeness (QED) is 0.494. The lowest BCUT2D eigenvalue weighted by atomic mass is 10.2. The maximum Gasteiger partial charge on any atom is 0.273 e. The predicted octanol–water partition coefficient (Wildman–Crippen LogP) is 2.82. The summed E-state index contributed by atoms with van der Waals surface area (Å²) in [6, 6.07) is 14.8. The van der Waals surface area contributed by atoms with Crippen molar-refractivity contribution in [1.82, 2.24) is 20.6 Å². The predicted molar refractivity (Wildman–Crippen MR) is 113 cm³/mol. The first-order chi connectivity index (χ1) is 14.0. The first kappa shape index (κ1) is 20.4. The van der Waals surface area contributed by atoms with Crippen molar-refractivity contribution in [1.29, 1.82) is 0 Å². The van der Waals surface area contributed by atoms with Gasteiger partial charge in [-0.25, -0.2) is 4.68 Å². The van der Waals surface area contributed by atoms with Crippen LogP contribution in [-0.2, 0) is 4.79 Å². The third-order valence-corrected chi connectivity index (χ3v) is 4.72. The maximum absolute atomic E-state index is 12.4. The van der Waals surface area contributed by atoms with E-state index in [1.807, 2.05) is 36.4 Å². The fourth-order valence-electron chi connectivity index (χ4n) is 2.68. The highest BCUT2D eigenvalue weighted by molar-refractivity contribution is 9.10. The van der Waals surface area contributed by atoms with Crippen LogP contribution in [0.3, 0.4) is 0 Å². The van der Waals surface area contributed by atoms with Crippen molar-refractivity contribution in [3.05, 3.63) is 70.5 Å². The lowest BCUT2D eigenvalue weighted by Gasteiger charge is -2.11. The molecule has 0 saturated heterocycles. The van der Waals surface area contributed by atoms with Crippen LogP contribution in [0.15, 0.2) is 59.2 Å². The van der Waals surface area contributed by atoms with E-state index in [1.54, 1.807) is 30.8 Å². The molecule has 3 N–H and O–H groups in total. The summed E-state index contributed by atoms with van der Waals surface area (Å²) in [4.78, 5) is 24.5. The Labute approximate surface area is 176 Å². The lowest BCUT2D eigenvalue weighted by molar-refractivity contribution is -0.120. The molecule has 0 aliphatic rings. The molecule has 0 spiro atoms. The van der Waals surface area contributed by atoms with E-state index in [0.29, 0.717) is 22.7 Å². The fourth-order valence-corrected chi connectivity index (χ4v) is 2.94. The molecule has 3 rings (SSSR count). The molecule has 8 nitrogen and oxygen atoms in total. The topological polar surface area (TPSA) is 97.3 Å². The Hall–Kier alpha value is -3.33. The molecule has 0 bridgehead atoms. The Balaban J connectivity index is 1.57. The Morgan fingerprint density at radius 2 is 1.83 bits per heavy atom. The normalized spacial score (nSPS) is 10.3. The smallest absolute Gasteiger partial charge is 0.273 e. The first-order valence-electron chi connectivity index (χ1n) is 8.76. The number of carbonyl (C=O) groups is 2. The lowest BCUT2D eigenvalue weighted by Crippen LogP contribution is -2.44. The van der Waals surface area contributed by atoms with Crippen molar-refractivity contribution in [3.8, 4) is 11.4 Å². The van der Waals surface area contributed by atoms with E-state index in [-0.39, 0.29) is 6.54 Å². The molecule has 150 valence electrons. The van der Waals surface area contributed by atoms with Crippen molar-refractivity contribution < 1.29 is 14.3 Å². The van der Waals surface area contributed by atoms with Crippen LogP contribution in [0.1, 0.15) is 16.1 Å². The van der Waals surface area contributed by atoms with Crippen LogP contribution >= 0.6 is 15.9 Å². The number of nitrogens with one attached hydrogen (secondary N) is 3. The average Bonchev–Trinajstić information content (AvgIpc) is 3.12. The number of methoxy groups -OCH3 is 1. The van der Waals surface area contributed by atoms with Crippen LogP contribution < -0.4 is 20.9 Å². The van der Waals surface area contributed by atoms with Crippen molar-refractivity contribution in [2.75, 3.05) is 19.0 Å². The van der Waals surface area contributed by atoms with Crippen LogP contribution in [0.4, 0.5) is 5.69 Å². The largest absolute Gasteiger partial charge is 0.495 e. The van der Waals surface area contributed by atoms with E-state index in [2.05, 4.69) is 37.2 Å². The van der Waals surface area contributed by atoms with Gasteiger partial charge in [0.25, 0.3) is 11.8 Å². The molecule has 0 radical (unpaired) electrons. The molecule has 2 amide bonds. The summed E-state index contributed by atoms with van der Waals surface area (Å²) in [6.07, 6.45) is 1.46. The number of aromatic nitrogens is 2. The van der Waals surface area contributed by atoms with Gasteiger partial charge in [0.05, 0.1) is 42.5 Å². The minimum atomic E-state index is -0.448. The van der Waals surface area contributed by atoms with Gasteiger partial charge >= 0.3 is 0 Å². The molecule has 0 aliphatic heterocycles. The number of ether oxygens (including phenoxy) is 1. The van der Waals surface area contributed by atoms with Gasteiger partial charge in [-0.2, -0.15) is 5.10 Å². The Bertz CT molecular complexity index is 1020. The molecule has 0 atom stereocenters. The molecule has 9 heteroatoms. The van der Waals surface area contributed by atoms with E-state index in [9.17, 15) is 9.59 Å². The van der Waals surface area contributed by atoms with E-state index >= 15 is 0 Å². The third-order valence-electron chi connectivity index (χ3n) is 4.19. The molecule has 1 heterocycles. The summed E-state index contributed by atoms with van der Waals surface area (Å²) in [5.41, 5.74) is 7.33. The highest BCUT2D eigenvalue weighted by atomic mass is 79.9. The second kappa shape index (κ2) is 9.24. The van der Waals surface area contributed by atoms with Crippen molar-refractivity contribution in [2.24, 2.45) is 0 Å². The molecule has 0 fully saturated rings. The van der Waals surface area contributed by atoms with Gasteiger partial charge in [0.1, 0.15) is 5.75 Å². The van der Waals surface area contributed by atoms with Crippen LogP contribution in [0.2, 0.25) is 0 Å². The molecule has 29 heavy (non-hydrogen) atoms. The molecule has 3 aromatic rings. The highest BCUT2D eigenvalue weighted by Gasteiger charge is 2.16. The van der Waals surface area contributed by atoms with E-state index in [4.69, 9.17) is 4.74 Å². The Kier molecular flexibility index (Phi) is 6.50. The minimum absolute atomic E-state index is 0.0300. The van der Waals surface area contributed by atoms with Crippen molar-refractivity contribution >= 4 is 33.4 Å². The summed E-state index contributed by atoms with van der Waals surface area (Å²) >= 11 is 3.39. The number of nitrogens with zero attached hydrogens (tertiary/aromatic N) is 2. The zero-order valence-electron chi connectivity index (χ0n) is 15.9. The number of hydrogen-bond donors (Lipinski definition) is 3. The number of benzene rings is 2.